The van der Waals surface area contributed by atoms with Gasteiger partial charge in [-0.05, 0) is 63.8 Å². The van der Waals surface area contributed by atoms with Crippen LogP contribution in [0, 0.1) is 0 Å². The van der Waals surface area contributed by atoms with Gasteiger partial charge >= 0.3 is 5.97 Å². The number of aromatic nitrogens is 3. The van der Waals surface area contributed by atoms with Crippen LogP contribution in [-0.4, -0.2) is 53.1 Å². The fourth-order valence-electron chi connectivity index (χ4n) is 4.42. The van der Waals surface area contributed by atoms with Crippen molar-refractivity contribution in [2.45, 2.75) is 76.9 Å². The minimum Gasteiger partial charge on any atom is -0.474 e. The Kier molecular flexibility index (Phi) is 7.37. The molecule has 1 aliphatic rings. The molecule has 0 amide bonds. The summed E-state index contributed by atoms with van der Waals surface area (Å²) in [6.45, 7) is 11.1. The van der Waals surface area contributed by atoms with Gasteiger partial charge in [0.15, 0.2) is 0 Å². The molecule has 10 nitrogen and oxygen atoms in total. The lowest BCUT2D eigenvalue weighted by Gasteiger charge is -2.27. The van der Waals surface area contributed by atoms with Gasteiger partial charge in [-0.15, -0.1) is 0 Å². The lowest BCUT2D eigenvalue weighted by Crippen LogP contribution is -2.29. The van der Waals surface area contributed by atoms with Crippen LogP contribution in [0.15, 0.2) is 30.6 Å². The van der Waals surface area contributed by atoms with Crippen molar-refractivity contribution in [1.29, 1.82) is 0 Å². The Morgan fingerprint density at radius 2 is 1.84 bits per heavy atom. The monoisotopic (exact) mass is 541 g/mol. The van der Waals surface area contributed by atoms with Gasteiger partial charge in [0.05, 0.1) is 28.0 Å². The van der Waals surface area contributed by atoms with Crippen molar-refractivity contribution < 1.29 is 22.7 Å². The average molecular weight is 542 g/mol. The maximum absolute atomic E-state index is 12.3. The molecule has 204 valence electrons. The molecule has 0 aliphatic carbocycles. The van der Waals surface area contributed by atoms with Crippen molar-refractivity contribution in [2.75, 3.05) is 11.6 Å². The summed E-state index contributed by atoms with van der Waals surface area (Å²) in [5.41, 5.74) is 7.71. The van der Waals surface area contributed by atoms with E-state index in [0.29, 0.717) is 40.6 Å². The van der Waals surface area contributed by atoms with Crippen molar-refractivity contribution >= 4 is 38.2 Å². The number of fused-ring (bicyclic) bond motifs is 2. The van der Waals surface area contributed by atoms with E-state index in [2.05, 4.69) is 20.3 Å². The lowest BCUT2D eigenvalue weighted by atomic mass is 9.93. The molecule has 4 heterocycles. The van der Waals surface area contributed by atoms with E-state index in [-0.39, 0.29) is 24.1 Å². The van der Waals surface area contributed by atoms with E-state index >= 15 is 0 Å². The molecule has 0 bridgehead atoms. The summed E-state index contributed by atoms with van der Waals surface area (Å²) in [6.07, 6.45) is 4.23. The Balaban J connectivity index is 1.68. The zero-order valence-electron chi connectivity index (χ0n) is 22.8. The van der Waals surface area contributed by atoms with Crippen LogP contribution < -0.4 is 15.8 Å². The highest BCUT2D eigenvalue weighted by Gasteiger charge is 2.31. The van der Waals surface area contributed by atoms with Gasteiger partial charge in [-0.3, -0.25) is 0 Å². The summed E-state index contributed by atoms with van der Waals surface area (Å²) in [5.74, 6) is 1.02. The number of cyclic esters (lactones) is 1. The van der Waals surface area contributed by atoms with Crippen LogP contribution in [0.1, 0.15) is 75.5 Å². The smallest absolute Gasteiger partial charge is 0.340 e. The summed E-state index contributed by atoms with van der Waals surface area (Å²) < 4.78 is 35.2. The van der Waals surface area contributed by atoms with E-state index in [9.17, 15) is 13.2 Å². The minimum atomic E-state index is -3.18. The van der Waals surface area contributed by atoms with Gasteiger partial charge in [-0.1, -0.05) is 6.92 Å². The summed E-state index contributed by atoms with van der Waals surface area (Å²) >= 11 is 0. The highest BCUT2D eigenvalue weighted by Crippen LogP contribution is 2.34. The molecule has 4 rings (SSSR count). The highest BCUT2D eigenvalue weighted by atomic mass is 32.2. The number of carbonyl (C=O) groups excluding carboxylic acids is 1. The number of nitrogens with two attached hydrogens (primary N) is 1. The largest absolute Gasteiger partial charge is 0.474 e. The normalized spacial score (nSPS) is 19.4. The Hall–Kier alpha value is -3.31. The lowest BCUT2D eigenvalue weighted by molar-refractivity contribution is 0.0235. The molecule has 3 aromatic rings. The van der Waals surface area contributed by atoms with Crippen LogP contribution in [0.5, 0.6) is 5.88 Å². The average Bonchev–Trinajstić information content (AvgIpc) is 2.81. The predicted octanol–water partition coefficient (Wildman–Crippen LogP) is 4.22. The molecule has 0 unspecified atom stereocenters. The van der Waals surface area contributed by atoms with E-state index in [1.165, 1.54) is 6.26 Å². The number of hydrogen-bond donors (Lipinski definition) is 2. The molecule has 4 atom stereocenters. The third-order valence-electron chi connectivity index (χ3n) is 6.97. The Bertz CT molecular complexity index is 1490. The van der Waals surface area contributed by atoms with Crippen molar-refractivity contribution in [3.8, 4) is 5.88 Å². The van der Waals surface area contributed by atoms with Crippen molar-refractivity contribution in [3.63, 3.8) is 0 Å². The van der Waals surface area contributed by atoms with Gasteiger partial charge in [0.1, 0.15) is 27.6 Å². The highest BCUT2D eigenvalue weighted by molar-refractivity contribution is 7.91. The second kappa shape index (κ2) is 10.1. The first-order valence-corrected chi connectivity index (χ1v) is 14.5. The standard InChI is InChI=1S/C27H35N5O5S/c1-14(10-15(2)38(7,34)35)36-25-20-12-29-23(11-19(20)21(13-30-25)27(5,6)28)31-22-9-8-18-24(32-22)16(3)17(4)37-26(18)33/h8-9,11-17H,10,28H2,1-7H3,(H,29,31,32)/t14-,15-,16+,17+/m1/s1. The fourth-order valence-corrected chi connectivity index (χ4v) is 5.04. The number of esters is 1. The maximum Gasteiger partial charge on any atom is 0.340 e. The van der Waals surface area contributed by atoms with Crippen LogP contribution in [0.3, 0.4) is 0 Å². The molecular weight excluding hydrogens is 506 g/mol. The number of nitrogens with one attached hydrogen (secondary N) is 1. The van der Waals surface area contributed by atoms with Crippen LogP contribution in [-0.2, 0) is 20.1 Å². The van der Waals surface area contributed by atoms with E-state index in [4.69, 9.17) is 15.2 Å². The Morgan fingerprint density at radius 3 is 2.50 bits per heavy atom. The van der Waals surface area contributed by atoms with E-state index in [1.54, 1.807) is 31.5 Å². The molecule has 0 radical (unpaired) electrons. The molecule has 11 heteroatoms. The van der Waals surface area contributed by atoms with Gasteiger partial charge in [-0.25, -0.2) is 28.2 Å². The van der Waals surface area contributed by atoms with E-state index < -0.39 is 20.6 Å². The second-order valence-electron chi connectivity index (χ2n) is 10.8. The first kappa shape index (κ1) is 27.7. The summed E-state index contributed by atoms with van der Waals surface area (Å²) in [5, 5.41) is 4.15. The van der Waals surface area contributed by atoms with Gasteiger partial charge < -0.3 is 20.5 Å². The molecular formula is C27H35N5O5S. The van der Waals surface area contributed by atoms with Crippen LogP contribution >= 0.6 is 0 Å². The second-order valence-corrected chi connectivity index (χ2v) is 13.2. The SMILES string of the molecule is C[C@H](C[C@@H](C)S(C)(=O)=O)Oc1ncc(C(C)(C)N)c2cc(Nc3ccc4c(n3)[C@@H](C)[C@H](C)OC4=O)ncc12. The summed E-state index contributed by atoms with van der Waals surface area (Å²) in [4.78, 5) is 26.0. The van der Waals surface area contributed by atoms with Gasteiger partial charge in [0.2, 0.25) is 5.88 Å². The topological polar surface area (TPSA) is 146 Å². The molecule has 0 saturated carbocycles. The van der Waals surface area contributed by atoms with Crippen molar-refractivity contribution in [1.82, 2.24) is 15.0 Å². The zero-order chi connectivity index (χ0) is 28.0. The third kappa shape index (κ3) is 5.73. The van der Waals surface area contributed by atoms with Gasteiger partial charge in [0, 0.05) is 36.5 Å². The van der Waals surface area contributed by atoms with Crippen LogP contribution in [0.2, 0.25) is 0 Å². The first-order chi connectivity index (χ1) is 17.6. The van der Waals surface area contributed by atoms with Gasteiger partial charge in [-0.2, -0.15) is 0 Å². The molecule has 1 aliphatic heterocycles. The number of hydrogen-bond acceptors (Lipinski definition) is 10. The molecule has 38 heavy (non-hydrogen) atoms. The van der Waals surface area contributed by atoms with Crippen LogP contribution in [0.25, 0.3) is 10.8 Å². The summed E-state index contributed by atoms with van der Waals surface area (Å²) in [7, 11) is -3.18. The Labute approximate surface area is 223 Å². The number of carbonyl (C=O) groups is 1. The molecule has 0 fully saturated rings. The number of sulfone groups is 1. The number of rotatable bonds is 8. The third-order valence-corrected chi connectivity index (χ3v) is 8.62. The van der Waals surface area contributed by atoms with Crippen molar-refractivity contribution in [3.05, 3.63) is 47.4 Å². The van der Waals surface area contributed by atoms with E-state index in [1.807, 2.05) is 40.7 Å². The minimum absolute atomic E-state index is 0.0446. The zero-order valence-corrected chi connectivity index (χ0v) is 23.6. The molecule has 0 saturated heterocycles. The quantitative estimate of drug-likeness (QED) is 0.397. The summed E-state index contributed by atoms with van der Waals surface area (Å²) in [6, 6.07) is 5.28. The molecule has 3 N–H and O–H groups in total. The Morgan fingerprint density at radius 1 is 1.13 bits per heavy atom. The molecule has 3 aromatic heterocycles. The number of nitrogens with zero attached hydrogens (tertiary/aromatic N) is 3. The number of anilines is 2. The first-order valence-electron chi connectivity index (χ1n) is 12.6. The molecule has 0 spiro atoms. The van der Waals surface area contributed by atoms with Gasteiger partial charge in [0.25, 0.3) is 0 Å². The van der Waals surface area contributed by atoms with E-state index in [0.717, 1.165) is 10.9 Å². The molecule has 0 aromatic carbocycles. The van der Waals surface area contributed by atoms with Crippen LogP contribution in [0.4, 0.5) is 11.6 Å². The predicted molar refractivity (Wildman–Crippen MR) is 147 cm³/mol. The maximum atomic E-state index is 12.3. The fraction of sp³-hybridized carbons (Fsp3) is 0.481. The van der Waals surface area contributed by atoms with Crippen molar-refractivity contribution in [2.24, 2.45) is 5.73 Å². The number of pyridine rings is 3. The number of ether oxygens (including phenoxy) is 2.